The van der Waals surface area contributed by atoms with Crippen molar-refractivity contribution in [2.45, 2.75) is 39.4 Å². The van der Waals surface area contributed by atoms with Crippen molar-refractivity contribution in [1.29, 1.82) is 0 Å². The van der Waals surface area contributed by atoms with Crippen LogP contribution in [-0.4, -0.2) is 23.1 Å². The van der Waals surface area contributed by atoms with Gasteiger partial charge in [0.1, 0.15) is 11.6 Å². The summed E-state index contributed by atoms with van der Waals surface area (Å²) in [6, 6.07) is 1.61. The van der Waals surface area contributed by atoms with Gasteiger partial charge in [0.05, 0.1) is 4.75 Å². The van der Waals surface area contributed by atoms with Gasteiger partial charge in [-0.2, -0.15) is 0 Å². The second-order valence-corrected chi connectivity index (χ2v) is 7.10. The fraction of sp³-hybridized carbons (Fsp3) is 0.600. The van der Waals surface area contributed by atoms with E-state index in [0.29, 0.717) is 11.6 Å². The summed E-state index contributed by atoms with van der Waals surface area (Å²) >= 11 is 0. The maximum atomic E-state index is 11.9. The molecule has 1 N–H and O–H groups in total. The normalized spacial score (nSPS) is 12.6. The van der Waals surface area contributed by atoms with Gasteiger partial charge in [0.25, 0.3) is 0 Å². The Balaban J connectivity index is 3.07. The van der Waals surface area contributed by atoms with Crippen molar-refractivity contribution >= 4 is 15.8 Å². The number of anilines is 1. The van der Waals surface area contributed by atoms with Crippen molar-refractivity contribution in [3.8, 4) is 0 Å². The van der Waals surface area contributed by atoms with Gasteiger partial charge in [-0.05, 0) is 34.6 Å². The van der Waals surface area contributed by atoms with Crippen LogP contribution in [-0.2, 0) is 10.0 Å². The molecule has 0 aromatic carbocycles. The highest BCUT2D eigenvalue weighted by Crippen LogP contribution is 2.18. The number of aromatic nitrogens is 2. The Morgan fingerprint density at radius 1 is 1.19 bits per heavy atom. The zero-order valence-corrected chi connectivity index (χ0v) is 11.0. The molecule has 1 heterocycles. The molecule has 16 heavy (non-hydrogen) atoms. The van der Waals surface area contributed by atoms with Crippen LogP contribution in [0.15, 0.2) is 6.07 Å². The van der Waals surface area contributed by atoms with E-state index in [1.54, 1.807) is 40.7 Å². The maximum absolute atomic E-state index is 11.9. The van der Waals surface area contributed by atoms with Crippen LogP contribution in [0.2, 0.25) is 0 Å². The van der Waals surface area contributed by atoms with Gasteiger partial charge in [-0.15, -0.1) is 0 Å². The molecule has 0 amide bonds. The molecule has 0 fully saturated rings. The van der Waals surface area contributed by atoms with Gasteiger partial charge < -0.3 is 0 Å². The Morgan fingerprint density at radius 2 is 1.75 bits per heavy atom. The molecule has 90 valence electrons. The molecular formula is C10H17N3O2S. The molecule has 0 aliphatic rings. The number of sulfonamides is 1. The van der Waals surface area contributed by atoms with Crippen LogP contribution in [0.25, 0.3) is 0 Å². The number of hydrogen-bond donors (Lipinski definition) is 1. The Morgan fingerprint density at radius 3 is 2.19 bits per heavy atom. The average Bonchev–Trinajstić information content (AvgIpc) is 1.97. The summed E-state index contributed by atoms with van der Waals surface area (Å²) in [5, 5.41) is 0. The van der Waals surface area contributed by atoms with Crippen LogP contribution in [0, 0.1) is 13.8 Å². The first-order chi connectivity index (χ1) is 7.12. The molecule has 1 rings (SSSR count). The lowest BCUT2D eigenvalue weighted by atomic mass is 10.3. The second kappa shape index (κ2) is 4.01. The summed E-state index contributed by atoms with van der Waals surface area (Å²) in [6.45, 7) is 8.42. The standard InChI is InChI=1S/C10H17N3O2S/c1-7-6-9(12-8(2)11-7)13-16(14,15)10(3,4)5/h6H,1-5H3,(H,11,12,13). The summed E-state index contributed by atoms with van der Waals surface area (Å²) in [7, 11) is -3.42. The van der Waals surface area contributed by atoms with Crippen molar-refractivity contribution in [1.82, 2.24) is 9.97 Å². The first kappa shape index (κ1) is 12.9. The van der Waals surface area contributed by atoms with Crippen molar-refractivity contribution in [3.63, 3.8) is 0 Å². The van der Waals surface area contributed by atoms with E-state index in [0.717, 1.165) is 5.69 Å². The highest BCUT2D eigenvalue weighted by Gasteiger charge is 2.29. The summed E-state index contributed by atoms with van der Waals surface area (Å²) in [6.07, 6.45) is 0. The maximum Gasteiger partial charge on any atom is 0.238 e. The quantitative estimate of drug-likeness (QED) is 0.857. The molecule has 0 saturated carbocycles. The number of nitrogens with zero attached hydrogens (tertiary/aromatic N) is 2. The van der Waals surface area contributed by atoms with Gasteiger partial charge in [0.15, 0.2) is 0 Å². The van der Waals surface area contributed by atoms with E-state index in [1.165, 1.54) is 0 Å². The Kier molecular flexibility index (Phi) is 3.23. The van der Waals surface area contributed by atoms with Crippen molar-refractivity contribution in [3.05, 3.63) is 17.6 Å². The molecule has 0 saturated heterocycles. The molecule has 0 radical (unpaired) electrons. The molecule has 0 spiro atoms. The van der Waals surface area contributed by atoms with E-state index >= 15 is 0 Å². The van der Waals surface area contributed by atoms with Gasteiger partial charge in [0.2, 0.25) is 10.0 Å². The molecule has 0 aliphatic carbocycles. The number of hydrogen-bond acceptors (Lipinski definition) is 4. The van der Waals surface area contributed by atoms with Gasteiger partial charge >= 0.3 is 0 Å². The minimum absolute atomic E-state index is 0.319. The fourth-order valence-corrected chi connectivity index (χ4v) is 1.75. The summed E-state index contributed by atoms with van der Waals surface area (Å²) in [4.78, 5) is 8.11. The van der Waals surface area contributed by atoms with Gasteiger partial charge in [-0.25, -0.2) is 18.4 Å². The van der Waals surface area contributed by atoms with Crippen LogP contribution in [0.4, 0.5) is 5.82 Å². The van der Waals surface area contributed by atoms with Gasteiger partial charge in [-0.1, -0.05) is 0 Å². The molecule has 1 aromatic heterocycles. The first-order valence-corrected chi connectivity index (χ1v) is 6.45. The van der Waals surface area contributed by atoms with E-state index in [1.807, 2.05) is 0 Å². The highest BCUT2D eigenvalue weighted by atomic mass is 32.2. The van der Waals surface area contributed by atoms with E-state index in [-0.39, 0.29) is 0 Å². The predicted molar refractivity (Wildman–Crippen MR) is 63.8 cm³/mol. The second-order valence-electron chi connectivity index (χ2n) is 4.66. The zero-order valence-electron chi connectivity index (χ0n) is 10.2. The third kappa shape index (κ3) is 2.91. The summed E-state index contributed by atoms with van der Waals surface area (Å²) in [5.41, 5.74) is 0.735. The third-order valence-corrected chi connectivity index (χ3v) is 4.10. The monoisotopic (exact) mass is 243 g/mol. The Hall–Kier alpha value is -1.17. The highest BCUT2D eigenvalue weighted by molar-refractivity contribution is 7.94. The van der Waals surface area contributed by atoms with Crippen LogP contribution in [0.3, 0.4) is 0 Å². The molecule has 6 heteroatoms. The van der Waals surface area contributed by atoms with Gasteiger partial charge in [-0.3, -0.25) is 4.72 Å². The van der Waals surface area contributed by atoms with Crippen molar-refractivity contribution in [2.75, 3.05) is 4.72 Å². The fourth-order valence-electron chi connectivity index (χ4n) is 1.06. The number of rotatable bonds is 2. The molecule has 0 aliphatic heterocycles. The lowest BCUT2D eigenvalue weighted by Crippen LogP contribution is -2.34. The lowest BCUT2D eigenvalue weighted by molar-refractivity contribution is 0.566. The SMILES string of the molecule is Cc1cc(NS(=O)(=O)C(C)(C)C)nc(C)n1. The van der Waals surface area contributed by atoms with Crippen LogP contribution in [0.5, 0.6) is 0 Å². The van der Waals surface area contributed by atoms with Gasteiger partial charge in [0, 0.05) is 11.8 Å². The smallest absolute Gasteiger partial charge is 0.238 e. The minimum atomic E-state index is -3.42. The van der Waals surface area contributed by atoms with E-state index in [4.69, 9.17) is 0 Å². The van der Waals surface area contributed by atoms with E-state index < -0.39 is 14.8 Å². The third-order valence-electron chi connectivity index (χ3n) is 2.01. The molecule has 0 atom stereocenters. The average molecular weight is 243 g/mol. The summed E-state index contributed by atoms with van der Waals surface area (Å²) in [5.74, 6) is 0.867. The Bertz CT molecular complexity index is 469. The molecular weight excluding hydrogens is 226 g/mol. The largest absolute Gasteiger partial charge is 0.267 e. The molecule has 0 unspecified atom stereocenters. The first-order valence-electron chi connectivity index (χ1n) is 4.96. The predicted octanol–water partition coefficient (Wildman–Crippen LogP) is 1.63. The van der Waals surface area contributed by atoms with Crippen molar-refractivity contribution in [2.24, 2.45) is 0 Å². The van der Waals surface area contributed by atoms with Crippen molar-refractivity contribution < 1.29 is 8.42 Å². The van der Waals surface area contributed by atoms with Crippen LogP contribution in [0.1, 0.15) is 32.3 Å². The number of nitrogens with one attached hydrogen (secondary N) is 1. The molecule has 1 aromatic rings. The summed E-state index contributed by atoms with van der Waals surface area (Å²) < 4.78 is 25.3. The zero-order chi connectivity index (χ0) is 12.6. The minimum Gasteiger partial charge on any atom is -0.267 e. The van der Waals surface area contributed by atoms with E-state index in [2.05, 4.69) is 14.7 Å². The van der Waals surface area contributed by atoms with Crippen LogP contribution < -0.4 is 4.72 Å². The van der Waals surface area contributed by atoms with Crippen LogP contribution >= 0.6 is 0 Å². The lowest BCUT2D eigenvalue weighted by Gasteiger charge is -2.20. The molecule has 0 bridgehead atoms. The topological polar surface area (TPSA) is 72.0 Å². The molecule has 5 nitrogen and oxygen atoms in total. The number of aryl methyl sites for hydroxylation is 2. The van der Waals surface area contributed by atoms with E-state index in [9.17, 15) is 8.42 Å². The Labute approximate surface area is 96.4 Å².